The van der Waals surface area contributed by atoms with Gasteiger partial charge in [-0.2, -0.15) is 0 Å². The summed E-state index contributed by atoms with van der Waals surface area (Å²) in [4.78, 5) is 7.80. The Balaban J connectivity index is 1.62. The molecule has 124 valence electrons. The van der Waals surface area contributed by atoms with Crippen molar-refractivity contribution in [2.75, 3.05) is 19.0 Å². The Morgan fingerprint density at radius 2 is 1.83 bits per heavy atom. The van der Waals surface area contributed by atoms with Gasteiger partial charge < -0.3 is 14.5 Å². The van der Waals surface area contributed by atoms with Gasteiger partial charge in [0.1, 0.15) is 17.7 Å². The largest absolute Gasteiger partial charge is 0.497 e. The smallest absolute Gasteiger partial charge is 0.226 e. The monoisotopic (exact) mass is 331 g/mol. The van der Waals surface area contributed by atoms with Gasteiger partial charge in [-0.15, -0.1) is 0 Å². The van der Waals surface area contributed by atoms with Crippen LogP contribution in [0.25, 0.3) is 11.5 Å². The van der Waals surface area contributed by atoms with Crippen molar-refractivity contribution in [2.45, 2.75) is 6.42 Å². The first kappa shape index (κ1) is 15.9. The predicted octanol–water partition coefficient (Wildman–Crippen LogP) is 3.68. The second-order valence-corrected chi connectivity index (χ2v) is 5.03. The number of benzene rings is 1. The fraction of sp³-hybridized carbons (Fsp3) is 0.176. The maximum atomic E-state index is 13.5. The molecular formula is C17H15F2N3O2. The van der Waals surface area contributed by atoms with Crippen molar-refractivity contribution in [3.05, 3.63) is 60.3 Å². The van der Waals surface area contributed by atoms with Crippen molar-refractivity contribution in [1.29, 1.82) is 0 Å². The number of methoxy groups -OCH3 is 1. The predicted molar refractivity (Wildman–Crippen MR) is 84.8 cm³/mol. The Morgan fingerprint density at radius 3 is 2.50 bits per heavy atom. The Hall–Kier alpha value is -2.96. The topological polar surface area (TPSA) is 60.2 Å². The van der Waals surface area contributed by atoms with E-state index in [0.29, 0.717) is 24.6 Å². The molecule has 3 aromatic rings. The number of oxazole rings is 1. The molecule has 1 aromatic carbocycles. The lowest BCUT2D eigenvalue weighted by molar-refractivity contribution is 0.415. The first-order valence-electron chi connectivity index (χ1n) is 7.29. The van der Waals surface area contributed by atoms with Crippen LogP contribution in [0.2, 0.25) is 0 Å². The molecule has 24 heavy (non-hydrogen) atoms. The fourth-order valence-corrected chi connectivity index (χ4v) is 2.18. The van der Waals surface area contributed by atoms with E-state index in [0.717, 1.165) is 23.7 Å². The van der Waals surface area contributed by atoms with Gasteiger partial charge in [0.25, 0.3) is 0 Å². The van der Waals surface area contributed by atoms with Gasteiger partial charge in [0.05, 0.1) is 25.2 Å². The van der Waals surface area contributed by atoms with Crippen molar-refractivity contribution in [2.24, 2.45) is 0 Å². The number of anilines is 1. The van der Waals surface area contributed by atoms with Crippen LogP contribution in [0.15, 0.2) is 47.3 Å². The van der Waals surface area contributed by atoms with E-state index in [2.05, 4.69) is 15.3 Å². The molecule has 0 spiro atoms. The Bertz CT molecular complexity index is 799. The molecule has 0 atom stereocenters. The standard InChI is InChI=1S/C17H15F2N3O2/c1-23-13-4-2-11(3-5-13)17-22-12(10-24-17)6-7-21-16-14(18)8-20-9-15(16)19/h2-5,8-10H,6-7H2,1H3,(H,20,21). The highest BCUT2D eigenvalue weighted by atomic mass is 19.1. The third-order valence-corrected chi connectivity index (χ3v) is 3.43. The Morgan fingerprint density at radius 1 is 1.12 bits per heavy atom. The normalized spacial score (nSPS) is 10.6. The number of nitrogens with zero attached hydrogens (tertiary/aromatic N) is 2. The summed E-state index contributed by atoms with van der Waals surface area (Å²) >= 11 is 0. The van der Waals surface area contributed by atoms with Gasteiger partial charge in [-0.1, -0.05) is 0 Å². The lowest BCUT2D eigenvalue weighted by Crippen LogP contribution is -2.08. The van der Waals surface area contributed by atoms with Gasteiger partial charge >= 0.3 is 0 Å². The van der Waals surface area contributed by atoms with E-state index in [1.165, 1.54) is 6.26 Å². The number of pyridine rings is 1. The van der Waals surface area contributed by atoms with E-state index in [4.69, 9.17) is 9.15 Å². The molecule has 0 saturated carbocycles. The summed E-state index contributed by atoms with van der Waals surface area (Å²) in [7, 11) is 1.60. The molecule has 0 aliphatic heterocycles. The zero-order valence-corrected chi connectivity index (χ0v) is 12.9. The van der Waals surface area contributed by atoms with E-state index in [9.17, 15) is 8.78 Å². The van der Waals surface area contributed by atoms with Gasteiger partial charge in [0.2, 0.25) is 5.89 Å². The molecule has 0 aliphatic carbocycles. The Kier molecular flexibility index (Phi) is 4.69. The van der Waals surface area contributed by atoms with Gasteiger partial charge in [0.15, 0.2) is 11.6 Å². The van der Waals surface area contributed by atoms with Crippen molar-refractivity contribution < 1.29 is 17.9 Å². The third-order valence-electron chi connectivity index (χ3n) is 3.43. The van der Waals surface area contributed by atoms with Crippen molar-refractivity contribution >= 4 is 5.69 Å². The average Bonchev–Trinajstić information content (AvgIpc) is 3.06. The molecule has 1 N–H and O–H groups in total. The lowest BCUT2D eigenvalue weighted by Gasteiger charge is -2.06. The fourth-order valence-electron chi connectivity index (χ4n) is 2.18. The Labute approximate surface area is 137 Å². The van der Waals surface area contributed by atoms with Crippen LogP contribution in [0.5, 0.6) is 5.75 Å². The van der Waals surface area contributed by atoms with Crippen LogP contribution in [0.3, 0.4) is 0 Å². The number of halogens is 2. The number of aromatic nitrogens is 2. The van der Waals surface area contributed by atoms with Gasteiger partial charge in [-0.25, -0.2) is 13.8 Å². The summed E-state index contributed by atoms with van der Waals surface area (Å²) in [6, 6.07) is 7.31. The summed E-state index contributed by atoms with van der Waals surface area (Å²) in [5.74, 6) is -0.229. The zero-order chi connectivity index (χ0) is 16.9. The molecule has 0 radical (unpaired) electrons. The van der Waals surface area contributed by atoms with Crippen LogP contribution in [-0.2, 0) is 6.42 Å². The summed E-state index contributed by atoms with van der Waals surface area (Å²) in [5, 5.41) is 2.71. The molecule has 5 nitrogen and oxygen atoms in total. The molecule has 0 fully saturated rings. The first-order chi connectivity index (χ1) is 11.7. The minimum absolute atomic E-state index is 0.191. The van der Waals surface area contributed by atoms with Crippen LogP contribution in [0, 0.1) is 11.6 Å². The summed E-state index contributed by atoms with van der Waals surface area (Å²) < 4.78 is 37.4. The highest BCUT2D eigenvalue weighted by Crippen LogP contribution is 2.22. The van der Waals surface area contributed by atoms with E-state index in [1.54, 1.807) is 7.11 Å². The number of ether oxygens (including phenoxy) is 1. The van der Waals surface area contributed by atoms with Crippen LogP contribution in [0.4, 0.5) is 14.5 Å². The highest BCUT2D eigenvalue weighted by molar-refractivity contribution is 5.54. The zero-order valence-electron chi connectivity index (χ0n) is 12.9. The SMILES string of the molecule is COc1ccc(-c2nc(CCNc3c(F)cncc3F)co2)cc1. The summed E-state index contributed by atoms with van der Waals surface area (Å²) in [6.07, 6.45) is 3.91. The van der Waals surface area contributed by atoms with E-state index in [1.807, 2.05) is 24.3 Å². The van der Waals surface area contributed by atoms with Crippen LogP contribution in [-0.4, -0.2) is 23.6 Å². The average molecular weight is 331 g/mol. The summed E-state index contributed by atoms with van der Waals surface area (Å²) in [6.45, 7) is 0.312. The third kappa shape index (κ3) is 3.51. The second kappa shape index (κ2) is 7.08. The van der Waals surface area contributed by atoms with Gasteiger partial charge in [0, 0.05) is 18.5 Å². The van der Waals surface area contributed by atoms with Crippen molar-refractivity contribution in [3.63, 3.8) is 0 Å². The highest BCUT2D eigenvalue weighted by Gasteiger charge is 2.10. The van der Waals surface area contributed by atoms with Gasteiger partial charge in [-0.05, 0) is 24.3 Å². The number of hydrogen-bond acceptors (Lipinski definition) is 5. The molecule has 0 amide bonds. The minimum atomic E-state index is -0.728. The van der Waals surface area contributed by atoms with Crippen molar-refractivity contribution in [1.82, 2.24) is 9.97 Å². The molecule has 2 aromatic heterocycles. The molecule has 0 saturated heterocycles. The molecule has 0 aliphatic rings. The minimum Gasteiger partial charge on any atom is -0.497 e. The van der Waals surface area contributed by atoms with E-state index in [-0.39, 0.29) is 5.69 Å². The van der Waals surface area contributed by atoms with Crippen molar-refractivity contribution in [3.8, 4) is 17.2 Å². The quantitative estimate of drug-likeness (QED) is 0.747. The van der Waals surface area contributed by atoms with Crippen LogP contribution < -0.4 is 10.1 Å². The second-order valence-electron chi connectivity index (χ2n) is 5.03. The number of nitrogens with one attached hydrogen (secondary N) is 1. The molecular weight excluding hydrogens is 316 g/mol. The molecule has 0 unspecified atom stereocenters. The van der Waals surface area contributed by atoms with E-state index < -0.39 is 11.6 Å². The number of rotatable bonds is 6. The van der Waals surface area contributed by atoms with Crippen LogP contribution >= 0.6 is 0 Å². The lowest BCUT2D eigenvalue weighted by atomic mass is 10.2. The molecule has 2 heterocycles. The maximum Gasteiger partial charge on any atom is 0.226 e. The van der Waals surface area contributed by atoms with Gasteiger partial charge in [-0.3, -0.25) is 4.98 Å². The number of hydrogen-bond donors (Lipinski definition) is 1. The molecule has 3 rings (SSSR count). The maximum absolute atomic E-state index is 13.5. The van der Waals surface area contributed by atoms with E-state index >= 15 is 0 Å². The van der Waals surface area contributed by atoms with Crippen LogP contribution in [0.1, 0.15) is 5.69 Å². The first-order valence-corrected chi connectivity index (χ1v) is 7.29. The molecule has 7 heteroatoms. The molecule has 0 bridgehead atoms. The summed E-state index contributed by atoms with van der Waals surface area (Å²) in [5.41, 5.74) is 1.31.